The van der Waals surface area contributed by atoms with Gasteiger partial charge in [-0.1, -0.05) is 17.2 Å². The Kier molecular flexibility index (Phi) is 4.89. The Morgan fingerprint density at radius 3 is 2.22 bits per heavy atom. The predicted octanol–water partition coefficient (Wildman–Crippen LogP) is 1.56. The number of likely N-dealkylation sites (N-methyl/N-ethyl adjacent to an activating group) is 1. The summed E-state index contributed by atoms with van der Waals surface area (Å²) in [7, 11) is 0. The number of hydrogen-bond acceptors (Lipinski definition) is 2. The van der Waals surface area contributed by atoms with E-state index >= 15 is 0 Å². The van der Waals surface area contributed by atoms with E-state index in [2.05, 4.69) is 10.6 Å². The van der Waals surface area contributed by atoms with Gasteiger partial charge in [0.2, 0.25) is 5.91 Å². The van der Waals surface area contributed by atoms with Crippen LogP contribution in [0.5, 0.6) is 0 Å². The first kappa shape index (κ1) is 14.2. The molecule has 0 unspecified atom stereocenters. The quantitative estimate of drug-likeness (QED) is 0.849. The van der Waals surface area contributed by atoms with Crippen LogP contribution in [0.2, 0.25) is 0 Å². The number of carbonyl (C=O) groups is 2. The average Bonchev–Trinajstić information content (AvgIpc) is 2.27. The van der Waals surface area contributed by atoms with Crippen molar-refractivity contribution in [2.24, 2.45) is 0 Å². The van der Waals surface area contributed by atoms with E-state index in [0.29, 0.717) is 12.1 Å². The summed E-state index contributed by atoms with van der Waals surface area (Å²) in [6, 6.07) is 5.10. The van der Waals surface area contributed by atoms with Crippen LogP contribution in [-0.2, 0) is 4.79 Å². The van der Waals surface area contributed by atoms with Crippen molar-refractivity contribution in [1.29, 1.82) is 0 Å². The normalized spacial score (nSPS) is 11.8. The van der Waals surface area contributed by atoms with Crippen molar-refractivity contribution in [3.8, 4) is 0 Å². The zero-order valence-corrected chi connectivity index (χ0v) is 11.3. The molecule has 0 aliphatic heterocycles. The highest BCUT2D eigenvalue weighted by Crippen LogP contribution is 2.08. The minimum atomic E-state index is -0.529. The van der Waals surface area contributed by atoms with E-state index in [1.807, 2.05) is 39.0 Å². The van der Waals surface area contributed by atoms with Gasteiger partial charge in [-0.2, -0.15) is 0 Å². The lowest BCUT2D eigenvalue weighted by molar-refractivity contribution is -0.122. The fourth-order valence-electron chi connectivity index (χ4n) is 1.78. The van der Waals surface area contributed by atoms with E-state index in [9.17, 15) is 9.59 Å². The SMILES string of the molecule is CCNC(=O)[C@H](C)NC(=O)c1cc(C)cc(C)c1. The minimum Gasteiger partial charge on any atom is -0.355 e. The van der Waals surface area contributed by atoms with Gasteiger partial charge in [0.15, 0.2) is 0 Å². The Labute approximate surface area is 108 Å². The molecule has 0 saturated heterocycles. The van der Waals surface area contributed by atoms with Gasteiger partial charge in [0, 0.05) is 12.1 Å². The Bertz CT molecular complexity index is 435. The molecular weight excluding hydrogens is 228 g/mol. The van der Waals surface area contributed by atoms with E-state index in [1.165, 1.54) is 0 Å². The molecule has 98 valence electrons. The third kappa shape index (κ3) is 3.87. The maximum Gasteiger partial charge on any atom is 0.251 e. The lowest BCUT2D eigenvalue weighted by Gasteiger charge is -2.13. The first-order valence-electron chi connectivity index (χ1n) is 6.11. The fraction of sp³-hybridized carbons (Fsp3) is 0.429. The number of nitrogens with one attached hydrogen (secondary N) is 2. The van der Waals surface area contributed by atoms with E-state index in [-0.39, 0.29) is 11.8 Å². The summed E-state index contributed by atoms with van der Waals surface area (Å²) >= 11 is 0. The van der Waals surface area contributed by atoms with Gasteiger partial charge in [-0.25, -0.2) is 0 Å². The Morgan fingerprint density at radius 1 is 1.17 bits per heavy atom. The highest BCUT2D eigenvalue weighted by Gasteiger charge is 2.15. The molecule has 1 atom stereocenters. The van der Waals surface area contributed by atoms with Crippen molar-refractivity contribution < 1.29 is 9.59 Å². The largest absolute Gasteiger partial charge is 0.355 e. The third-order valence-electron chi connectivity index (χ3n) is 2.58. The van der Waals surface area contributed by atoms with Crippen LogP contribution in [0, 0.1) is 13.8 Å². The third-order valence-corrected chi connectivity index (χ3v) is 2.58. The number of hydrogen-bond donors (Lipinski definition) is 2. The average molecular weight is 248 g/mol. The predicted molar refractivity (Wildman–Crippen MR) is 71.5 cm³/mol. The molecule has 18 heavy (non-hydrogen) atoms. The molecule has 0 fully saturated rings. The highest BCUT2D eigenvalue weighted by molar-refractivity contribution is 5.97. The van der Waals surface area contributed by atoms with Gasteiger partial charge < -0.3 is 10.6 Å². The topological polar surface area (TPSA) is 58.2 Å². The molecule has 0 spiro atoms. The molecule has 0 aliphatic rings. The fourth-order valence-corrected chi connectivity index (χ4v) is 1.78. The Hall–Kier alpha value is -1.84. The van der Waals surface area contributed by atoms with Gasteiger partial charge in [-0.05, 0) is 39.8 Å². The smallest absolute Gasteiger partial charge is 0.251 e. The number of benzene rings is 1. The van der Waals surface area contributed by atoms with Crippen LogP contribution in [0.3, 0.4) is 0 Å². The molecule has 1 aromatic rings. The number of amides is 2. The molecule has 2 amide bonds. The van der Waals surface area contributed by atoms with E-state index in [1.54, 1.807) is 6.92 Å². The highest BCUT2D eigenvalue weighted by atomic mass is 16.2. The van der Waals surface area contributed by atoms with Crippen molar-refractivity contribution in [3.63, 3.8) is 0 Å². The monoisotopic (exact) mass is 248 g/mol. The minimum absolute atomic E-state index is 0.171. The summed E-state index contributed by atoms with van der Waals surface area (Å²) in [6.07, 6.45) is 0. The number of carbonyl (C=O) groups excluding carboxylic acids is 2. The Balaban J connectivity index is 2.73. The second-order valence-electron chi connectivity index (χ2n) is 4.47. The molecule has 0 aromatic heterocycles. The summed E-state index contributed by atoms with van der Waals surface area (Å²) in [5.74, 6) is -0.393. The summed E-state index contributed by atoms with van der Waals surface area (Å²) in [5.41, 5.74) is 2.65. The molecule has 1 aromatic carbocycles. The molecule has 0 radical (unpaired) electrons. The van der Waals surface area contributed by atoms with Crippen molar-refractivity contribution in [1.82, 2.24) is 10.6 Å². The molecule has 1 rings (SSSR count). The van der Waals surface area contributed by atoms with Gasteiger partial charge in [-0.3, -0.25) is 9.59 Å². The van der Waals surface area contributed by atoms with Gasteiger partial charge in [0.25, 0.3) is 5.91 Å². The van der Waals surface area contributed by atoms with Crippen molar-refractivity contribution in [3.05, 3.63) is 34.9 Å². The lowest BCUT2D eigenvalue weighted by atomic mass is 10.1. The molecule has 4 nitrogen and oxygen atoms in total. The maximum absolute atomic E-state index is 12.0. The molecule has 0 saturated carbocycles. The first-order chi connectivity index (χ1) is 8.43. The molecule has 0 aliphatic carbocycles. The number of aryl methyl sites for hydroxylation is 2. The van der Waals surface area contributed by atoms with Gasteiger partial charge in [-0.15, -0.1) is 0 Å². The van der Waals surface area contributed by atoms with Crippen LogP contribution < -0.4 is 10.6 Å². The van der Waals surface area contributed by atoms with Crippen LogP contribution in [0.4, 0.5) is 0 Å². The van der Waals surface area contributed by atoms with E-state index in [0.717, 1.165) is 11.1 Å². The zero-order valence-electron chi connectivity index (χ0n) is 11.3. The van der Waals surface area contributed by atoms with Gasteiger partial charge in [0.1, 0.15) is 6.04 Å². The molecular formula is C14H20N2O2. The zero-order chi connectivity index (χ0) is 13.7. The second-order valence-corrected chi connectivity index (χ2v) is 4.47. The number of rotatable bonds is 4. The maximum atomic E-state index is 12.0. The summed E-state index contributed by atoms with van der Waals surface area (Å²) in [4.78, 5) is 23.5. The van der Waals surface area contributed by atoms with E-state index in [4.69, 9.17) is 0 Å². The van der Waals surface area contributed by atoms with Crippen molar-refractivity contribution in [2.75, 3.05) is 6.54 Å². The standard InChI is InChI=1S/C14H20N2O2/c1-5-15-13(17)11(4)16-14(18)12-7-9(2)6-10(3)8-12/h6-8,11H,5H2,1-4H3,(H,15,17)(H,16,18)/t11-/m0/s1. The van der Waals surface area contributed by atoms with Gasteiger partial charge >= 0.3 is 0 Å². The van der Waals surface area contributed by atoms with E-state index < -0.39 is 6.04 Å². The molecule has 2 N–H and O–H groups in total. The molecule has 0 bridgehead atoms. The summed E-state index contributed by atoms with van der Waals surface area (Å²) in [5, 5.41) is 5.36. The second kappa shape index (κ2) is 6.19. The molecule has 4 heteroatoms. The lowest BCUT2D eigenvalue weighted by Crippen LogP contribution is -2.44. The van der Waals surface area contributed by atoms with Crippen LogP contribution >= 0.6 is 0 Å². The van der Waals surface area contributed by atoms with Crippen LogP contribution in [0.1, 0.15) is 35.3 Å². The van der Waals surface area contributed by atoms with Crippen LogP contribution in [0.25, 0.3) is 0 Å². The van der Waals surface area contributed by atoms with Gasteiger partial charge in [0.05, 0.1) is 0 Å². The van der Waals surface area contributed by atoms with Crippen molar-refractivity contribution in [2.45, 2.75) is 33.7 Å². The summed E-state index contributed by atoms with van der Waals surface area (Å²) < 4.78 is 0. The van der Waals surface area contributed by atoms with Crippen LogP contribution in [-0.4, -0.2) is 24.4 Å². The van der Waals surface area contributed by atoms with Crippen LogP contribution in [0.15, 0.2) is 18.2 Å². The first-order valence-corrected chi connectivity index (χ1v) is 6.11. The van der Waals surface area contributed by atoms with Crippen molar-refractivity contribution >= 4 is 11.8 Å². The summed E-state index contributed by atoms with van der Waals surface area (Å²) in [6.45, 7) is 7.96. The molecule has 0 heterocycles. The Morgan fingerprint density at radius 2 is 1.72 bits per heavy atom.